The summed E-state index contributed by atoms with van der Waals surface area (Å²) in [7, 11) is -3.66. The van der Waals surface area contributed by atoms with Crippen LogP contribution < -0.4 is 10.5 Å². The summed E-state index contributed by atoms with van der Waals surface area (Å²) in [6.07, 6.45) is 1.63. The lowest BCUT2D eigenvalue weighted by Crippen LogP contribution is -2.25. The lowest BCUT2D eigenvalue weighted by atomic mass is 10.2. The van der Waals surface area contributed by atoms with Crippen LogP contribution in [0.2, 0.25) is 0 Å². The standard InChI is InChI=1S/C13H14BrN3O2S/c1-9-3-2-6-16-12(9)8-17-20(18,19)13-5-4-10(14)7-11(13)15/h2-7,17H,8,15H2,1H3. The van der Waals surface area contributed by atoms with E-state index in [1.165, 1.54) is 6.07 Å². The quantitative estimate of drug-likeness (QED) is 0.823. The zero-order chi connectivity index (χ0) is 14.8. The summed E-state index contributed by atoms with van der Waals surface area (Å²) in [6, 6.07) is 8.34. The van der Waals surface area contributed by atoms with Crippen molar-refractivity contribution in [3.8, 4) is 0 Å². The highest BCUT2D eigenvalue weighted by atomic mass is 79.9. The van der Waals surface area contributed by atoms with Gasteiger partial charge in [-0.15, -0.1) is 0 Å². The van der Waals surface area contributed by atoms with Crippen molar-refractivity contribution in [2.24, 2.45) is 0 Å². The van der Waals surface area contributed by atoms with E-state index >= 15 is 0 Å². The van der Waals surface area contributed by atoms with Crippen molar-refractivity contribution in [1.29, 1.82) is 0 Å². The minimum atomic E-state index is -3.66. The van der Waals surface area contributed by atoms with Gasteiger partial charge < -0.3 is 5.73 Å². The van der Waals surface area contributed by atoms with Crippen molar-refractivity contribution < 1.29 is 8.42 Å². The van der Waals surface area contributed by atoms with Gasteiger partial charge in [0.05, 0.1) is 17.9 Å². The lowest BCUT2D eigenvalue weighted by Gasteiger charge is -2.10. The molecule has 0 saturated carbocycles. The van der Waals surface area contributed by atoms with Gasteiger partial charge in [0.25, 0.3) is 0 Å². The van der Waals surface area contributed by atoms with Crippen LogP contribution in [0.1, 0.15) is 11.3 Å². The molecule has 0 radical (unpaired) electrons. The summed E-state index contributed by atoms with van der Waals surface area (Å²) in [5, 5.41) is 0. The number of sulfonamides is 1. The second kappa shape index (κ2) is 5.90. The molecular formula is C13H14BrN3O2S. The molecule has 3 N–H and O–H groups in total. The van der Waals surface area contributed by atoms with Crippen LogP contribution in [0.25, 0.3) is 0 Å². The molecule has 0 amide bonds. The van der Waals surface area contributed by atoms with Crippen molar-refractivity contribution in [3.63, 3.8) is 0 Å². The number of nitrogen functional groups attached to an aromatic ring is 1. The van der Waals surface area contributed by atoms with Crippen molar-refractivity contribution in [1.82, 2.24) is 9.71 Å². The molecule has 1 heterocycles. The number of hydrogen-bond acceptors (Lipinski definition) is 4. The van der Waals surface area contributed by atoms with Crippen molar-refractivity contribution in [2.75, 3.05) is 5.73 Å². The number of rotatable bonds is 4. The number of anilines is 1. The molecule has 0 saturated heterocycles. The Labute approximate surface area is 126 Å². The number of nitrogens with zero attached hydrogens (tertiary/aromatic N) is 1. The zero-order valence-electron chi connectivity index (χ0n) is 10.8. The molecule has 0 aliphatic rings. The van der Waals surface area contributed by atoms with Crippen LogP contribution in [0.3, 0.4) is 0 Å². The normalized spacial score (nSPS) is 11.5. The summed E-state index contributed by atoms with van der Waals surface area (Å²) >= 11 is 3.24. The minimum Gasteiger partial charge on any atom is -0.398 e. The summed E-state index contributed by atoms with van der Waals surface area (Å²) in [4.78, 5) is 4.21. The van der Waals surface area contributed by atoms with Crippen molar-refractivity contribution in [2.45, 2.75) is 18.4 Å². The van der Waals surface area contributed by atoms with Gasteiger partial charge in [-0.25, -0.2) is 13.1 Å². The van der Waals surface area contributed by atoms with Gasteiger partial charge in [0.1, 0.15) is 4.90 Å². The molecule has 0 unspecified atom stereocenters. The van der Waals surface area contributed by atoms with Gasteiger partial charge in [-0.2, -0.15) is 0 Å². The van der Waals surface area contributed by atoms with Crippen molar-refractivity contribution in [3.05, 3.63) is 52.3 Å². The van der Waals surface area contributed by atoms with E-state index in [2.05, 4.69) is 25.6 Å². The Morgan fingerprint density at radius 2 is 2.10 bits per heavy atom. The second-order valence-electron chi connectivity index (χ2n) is 4.27. The van der Waals surface area contributed by atoms with E-state index in [1.807, 2.05) is 13.0 Å². The third-order valence-electron chi connectivity index (χ3n) is 2.81. The molecule has 5 nitrogen and oxygen atoms in total. The van der Waals surface area contributed by atoms with E-state index in [1.54, 1.807) is 24.4 Å². The number of aryl methyl sites for hydroxylation is 1. The Hall–Kier alpha value is -1.44. The monoisotopic (exact) mass is 355 g/mol. The first-order valence-electron chi connectivity index (χ1n) is 5.85. The van der Waals surface area contributed by atoms with Crippen LogP contribution in [0.4, 0.5) is 5.69 Å². The van der Waals surface area contributed by atoms with E-state index in [0.717, 1.165) is 10.0 Å². The van der Waals surface area contributed by atoms with E-state index in [4.69, 9.17) is 5.73 Å². The molecule has 0 aliphatic heterocycles. The van der Waals surface area contributed by atoms with Gasteiger partial charge in [0.2, 0.25) is 10.0 Å². The van der Waals surface area contributed by atoms with E-state index in [0.29, 0.717) is 5.69 Å². The van der Waals surface area contributed by atoms with E-state index in [-0.39, 0.29) is 17.1 Å². The molecule has 0 atom stereocenters. The maximum absolute atomic E-state index is 12.2. The predicted molar refractivity (Wildman–Crippen MR) is 81.6 cm³/mol. The largest absolute Gasteiger partial charge is 0.398 e. The Kier molecular flexibility index (Phi) is 4.42. The van der Waals surface area contributed by atoms with Crippen LogP contribution >= 0.6 is 15.9 Å². The van der Waals surface area contributed by atoms with Crippen LogP contribution in [-0.2, 0) is 16.6 Å². The average molecular weight is 356 g/mol. The zero-order valence-corrected chi connectivity index (χ0v) is 13.2. The number of hydrogen-bond donors (Lipinski definition) is 2. The second-order valence-corrected chi connectivity index (χ2v) is 6.92. The maximum atomic E-state index is 12.2. The first-order chi connectivity index (χ1) is 9.40. The number of pyridine rings is 1. The molecule has 0 spiro atoms. The van der Waals surface area contributed by atoms with Gasteiger partial charge in [-0.3, -0.25) is 4.98 Å². The fourth-order valence-corrected chi connectivity index (χ4v) is 3.19. The molecule has 2 aromatic rings. The third-order valence-corrected chi connectivity index (χ3v) is 4.78. The number of aromatic nitrogens is 1. The first-order valence-corrected chi connectivity index (χ1v) is 8.13. The molecule has 20 heavy (non-hydrogen) atoms. The van der Waals surface area contributed by atoms with E-state index < -0.39 is 10.0 Å². The highest BCUT2D eigenvalue weighted by molar-refractivity contribution is 9.10. The summed E-state index contributed by atoms with van der Waals surface area (Å²) in [5.74, 6) is 0. The highest BCUT2D eigenvalue weighted by Gasteiger charge is 2.17. The highest BCUT2D eigenvalue weighted by Crippen LogP contribution is 2.22. The maximum Gasteiger partial charge on any atom is 0.242 e. The van der Waals surface area contributed by atoms with Gasteiger partial charge in [-0.1, -0.05) is 22.0 Å². The fraction of sp³-hybridized carbons (Fsp3) is 0.154. The lowest BCUT2D eigenvalue weighted by molar-refractivity contribution is 0.580. The van der Waals surface area contributed by atoms with Crippen LogP contribution in [0.5, 0.6) is 0 Å². The van der Waals surface area contributed by atoms with Crippen LogP contribution in [0.15, 0.2) is 45.9 Å². The van der Waals surface area contributed by atoms with Crippen LogP contribution in [-0.4, -0.2) is 13.4 Å². The topological polar surface area (TPSA) is 85.1 Å². The Morgan fingerprint density at radius 1 is 1.35 bits per heavy atom. The number of benzene rings is 1. The Morgan fingerprint density at radius 3 is 2.75 bits per heavy atom. The van der Waals surface area contributed by atoms with Gasteiger partial charge in [0.15, 0.2) is 0 Å². The molecule has 1 aromatic heterocycles. The Bertz CT molecular complexity index is 732. The van der Waals surface area contributed by atoms with E-state index in [9.17, 15) is 8.42 Å². The molecule has 0 fully saturated rings. The molecule has 0 aliphatic carbocycles. The SMILES string of the molecule is Cc1cccnc1CNS(=O)(=O)c1ccc(Br)cc1N. The smallest absolute Gasteiger partial charge is 0.242 e. The number of nitrogens with one attached hydrogen (secondary N) is 1. The molecule has 1 aromatic carbocycles. The fourth-order valence-electron chi connectivity index (χ4n) is 1.71. The predicted octanol–water partition coefficient (Wildman–Crippen LogP) is 2.21. The van der Waals surface area contributed by atoms with Gasteiger partial charge in [0, 0.05) is 10.7 Å². The average Bonchev–Trinajstić information content (AvgIpc) is 2.37. The molecule has 106 valence electrons. The Balaban J connectivity index is 2.22. The summed E-state index contributed by atoms with van der Waals surface area (Å²) in [6.45, 7) is 2.01. The van der Waals surface area contributed by atoms with Crippen LogP contribution in [0, 0.1) is 6.92 Å². The molecular weight excluding hydrogens is 342 g/mol. The molecule has 2 rings (SSSR count). The minimum absolute atomic E-state index is 0.0642. The summed E-state index contributed by atoms with van der Waals surface area (Å²) in [5.41, 5.74) is 7.56. The summed E-state index contributed by atoms with van der Waals surface area (Å²) < 4.78 is 27.7. The first kappa shape index (κ1) is 15.0. The van der Waals surface area contributed by atoms with Gasteiger partial charge in [-0.05, 0) is 36.8 Å². The molecule has 7 heteroatoms. The van der Waals surface area contributed by atoms with Gasteiger partial charge >= 0.3 is 0 Å². The number of nitrogens with two attached hydrogens (primary N) is 1. The third kappa shape index (κ3) is 3.36. The molecule has 0 bridgehead atoms. The van der Waals surface area contributed by atoms with Crippen molar-refractivity contribution >= 4 is 31.6 Å². The number of halogens is 1.